The summed E-state index contributed by atoms with van der Waals surface area (Å²) >= 11 is 0. The first-order chi connectivity index (χ1) is 9.40. The minimum absolute atomic E-state index is 0.0498. The van der Waals surface area contributed by atoms with Crippen LogP contribution in [0, 0.1) is 27.4 Å². The van der Waals surface area contributed by atoms with Crippen LogP contribution < -0.4 is 5.32 Å². The van der Waals surface area contributed by atoms with Gasteiger partial charge in [0.25, 0.3) is 5.69 Å². The van der Waals surface area contributed by atoms with Gasteiger partial charge in [-0.25, -0.2) is 4.79 Å². The van der Waals surface area contributed by atoms with E-state index in [1.54, 1.807) is 6.92 Å². The van der Waals surface area contributed by atoms with Gasteiger partial charge in [0, 0.05) is 12.1 Å². The van der Waals surface area contributed by atoms with E-state index >= 15 is 0 Å². The maximum Gasteiger partial charge on any atom is 0.326 e. The molecule has 0 bridgehead atoms. The maximum atomic E-state index is 11.2. The third-order valence-corrected chi connectivity index (χ3v) is 3.12. The van der Waals surface area contributed by atoms with Crippen molar-refractivity contribution >= 4 is 17.3 Å². The number of nitro benzene ring substituents is 1. The largest absolute Gasteiger partial charge is 0.480 e. The molecule has 0 unspecified atom stereocenters. The molecule has 0 fully saturated rings. The molecule has 1 aromatic rings. The number of nitrogens with one attached hydrogen (secondary N) is 1. The number of rotatable bonds is 6. The van der Waals surface area contributed by atoms with Gasteiger partial charge in [0.05, 0.1) is 16.2 Å². The van der Waals surface area contributed by atoms with Gasteiger partial charge in [-0.1, -0.05) is 20.3 Å². The highest BCUT2D eigenvalue weighted by atomic mass is 16.6. The number of carboxylic acids is 1. The highest BCUT2D eigenvalue weighted by Crippen LogP contribution is 2.24. The van der Waals surface area contributed by atoms with E-state index in [2.05, 4.69) is 5.32 Å². The zero-order chi connectivity index (χ0) is 15.3. The third kappa shape index (κ3) is 3.45. The maximum absolute atomic E-state index is 11.2. The van der Waals surface area contributed by atoms with Crippen molar-refractivity contribution in [3.8, 4) is 6.07 Å². The van der Waals surface area contributed by atoms with Crippen LogP contribution in [0.1, 0.15) is 25.8 Å². The Balaban J connectivity index is 3.11. The summed E-state index contributed by atoms with van der Waals surface area (Å²) in [5.74, 6) is -1.17. The van der Waals surface area contributed by atoms with Crippen molar-refractivity contribution in [2.75, 3.05) is 5.32 Å². The molecule has 2 N–H and O–H groups in total. The molecule has 7 heteroatoms. The molecule has 0 spiro atoms. The van der Waals surface area contributed by atoms with Crippen molar-refractivity contribution in [3.05, 3.63) is 33.9 Å². The van der Waals surface area contributed by atoms with Gasteiger partial charge < -0.3 is 10.4 Å². The second-order valence-corrected chi connectivity index (χ2v) is 4.44. The standard InChI is InChI=1S/C13H15N3O4/c1-3-8(2)12(13(17)18)15-11-5-4-10(16(19)20)6-9(11)7-14/h4-6,8,12,15H,3H2,1-2H3,(H,17,18)/t8-,12+/m1/s1. The summed E-state index contributed by atoms with van der Waals surface area (Å²) in [7, 11) is 0. The molecule has 0 amide bonds. The van der Waals surface area contributed by atoms with Gasteiger partial charge in [0.1, 0.15) is 12.1 Å². The molecular formula is C13H15N3O4. The summed E-state index contributed by atoms with van der Waals surface area (Å²) in [4.78, 5) is 21.3. The smallest absolute Gasteiger partial charge is 0.326 e. The Labute approximate surface area is 116 Å². The predicted molar refractivity (Wildman–Crippen MR) is 72.3 cm³/mol. The van der Waals surface area contributed by atoms with Crippen molar-refractivity contribution in [1.82, 2.24) is 0 Å². The molecule has 0 aromatic heterocycles. The Morgan fingerprint density at radius 2 is 2.25 bits per heavy atom. The molecule has 106 valence electrons. The van der Waals surface area contributed by atoms with Crippen LogP contribution in [0.3, 0.4) is 0 Å². The predicted octanol–water partition coefficient (Wildman–Crippen LogP) is 2.38. The molecule has 20 heavy (non-hydrogen) atoms. The summed E-state index contributed by atoms with van der Waals surface area (Å²) < 4.78 is 0. The summed E-state index contributed by atoms with van der Waals surface area (Å²) in [6, 6.07) is 4.69. The summed E-state index contributed by atoms with van der Waals surface area (Å²) in [5, 5.41) is 31.6. The topological polar surface area (TPSA) is 116 Å². The Morgan fingerprint density at radius 1 is 1.60 bits per heavy atom. The van der Waals surface area contributed by atoms with Crippen molar-refractivity contribution in [1.29, 1.82) is 5.26 Å². The van der Waals surface area contributed by atoms with Gasteiger partial charge in [0.2, 0.25) is 0 Å². The fourth-order valence-corrected chi connectivity index (χ4v) is 1.71. The Bertz CT molecular complexity index is 565. The van der Waals surface area contributed by atoms with Gasteiger partial charge in [-0.2, -0.15) is 5.26 Å². The van der Waals surface area contributed by atoms with Gasteiger partial charge in [-0.15, -0.1) is 0 Å². The molecule has 7 nitrogen and oxygen atoms in total. The first-order valence-electron chi connectivity index (χ1n) is 6.08. The molecule has 0 heterocycles. The van der Waals surface area contributed by atoms with Crippen molar-refractivity contribution in [2.24, 2.45) is 5.92 Å². The number of nitriles is 1. The van der Waals surface area contributed by atoms with Gasteiger partial charge >= 0.3 is 5.97 Å². The van der Waals surface area contributed by atoms with Crippen LogP contribution in [0.2, 0.25) is 0 Å². The van der Waals surface area contributed by atoms with Crippen LogP contribution in [0.4, 0.5) is 11.4 Å². The number of benzene rings is 1. The normalized spacial score (nSPS) is 13.1. The molecule has 0 aliphatic carbocycles. The lowest BCUT2D eigenvalue weighted by atomic mass is 9.98. The third-order valence-electron chi connectivity index (χ3n) is 3.12. The first-order valence-corrected chi connectivity index (χ1v) is 6.08. The number of hydrogen-bond donors (Lipinski definition) is 2. The van der Waals surface area contributed by atoms with Crippen LogP contribution in [0.5, 0.6) is 0 Å². The van der Waals surface area contributed by atoms with Crippen LogP contribution in [0.25, 0.3) is 0 Å². The minimum atomic E-state index is -1.03. The molecule has 0 aliphatic heterocycles. The number of nitrogens with zero attached hydrogens (tertiary/aromatic N) is 2. The van der Waals surface area contributed by atoms with Gasteiger partial charge in [-0.3, -0.25) is 10.1 Å². The Kier molecular flexibility index (Phi) is 5.03. The summed E-state index contributed by atoms with van der Waals surface area (Å²) in [6.45, 7) is 3.65. The van der Waals surface area contributed by atoms with Crippen LogP contribution in [-0.2, 0) is 4.79 Å². The highest BCUT2D eigenvalue weighted by molar-refractivity contribution is 5.79. The average molecular weight is 277 g/mol. The second-order valence-electron chi connectivity index (χ2n) is 4.44. The zero-order valence-corrected chi connectivity index (χ0v) is 11.2. The lowest BCUT2D eigenvalue weighted by Gasteiger charge is -2.21. The molecule has 1 aromatic carbocycles. The Morgan fingerprint density at radius 3 is 2.70 bits per heavy atom. The number of hydrogen-bond acceptors (Lipinski definition) is 5. The first kappa shape index (κ1) is 15.4. The van der Waals surface area contributed by atoms with E-state index in [1.807, 2.05) is 13.0 Å². The van der Waals surface area contributed by atoms with E-state index < -0.39 is 16.9 Å². The van der Waals surface area contributed by atoms with E-state index in [0.717, 1.165) is 6.07 Å². The van der Waals surface area contributed by atoms with E-state index in [9.17, 15) is 20.0 Å². The van der Waals surface area contributed by atoms with E-state index in [4.69, 9.17) is 5.26 Å². The van der Waals surface area contributed by atoms with Crippen molar-refractivity contribution < 1.29 is 14.8 Å². The minimum Gasteiger partial charge on any atom is -0.480 e. The molecule has 2 atom stereocenters. The van der Waals surface area contributed by atoms with Crippen LogP contribution >= 0.6 is 0 Å². The van der Waals surface area contributed by atoms with Gasteiger partial charge in [0.15, 0.2) is 0 Å². The fraction of sp³-hybridized carbons (Fsp3) is 0.385. The lowest BCUT2D eigenvalue weighted by molar-refractivity contribution is -0.384. The molecule has 0 saturated heterocycles. The van der Waals surface area contributed by atoms with Crippen LogP contribution in [0.15, 0.2) is 18.2 Å². The molecule has 0 aliphatic rings. The molecular weight excluding hydrogens is 262 g/mol. The molecule has 1 rings (SSSR count). The number of anilines is 1. The molecule has 0 saturated carbocycles. The SMILES string of the molecule is CC[C@@H](C)[C@H](Nc1ccc([N+](=O)[O-])cc1C#N)C(=O)O. The molecule has 0 radical (unpaired) electrons. The number of non-ortho nitro benzene ring substituents is 1. The van der Waals surface area contributed by atoms with E-state index in [1.165, 1.54) is 12.1 Å². The summed E-state index contributed by atoms with van der Waals surface area (Å²) in [5.41, 5.74) is 0.127. The van der Waals surface area contributed by atoms with E-state index in [0.29, 0.717) is 6.42 Å². The van der Waals surface area contributed by atoms with E-state index in [-0.39, 0.29) is 22.9 Å². The monoisotopic (exact) mass is 277 g/mol. The fourth-order valence-electron chi connectivity index (χ4n) is 1.71. The quantitative estimate of drug-likeness (QED) is 0.609. The van der Waals surface area contributed by atoms with Crippen molar-refractivity contribution in [2.45, 2.75) is 26.3 Å². The Hall–Kier alpha value is -2.62. The summed E-state index contributed by atoms with van der Waals surface area (Å²) in [6.07, 6.45) is 0.652. The lowest BCUT2D eigenvalue weighted by Crippen LogP contribution is -2.35. The number of carbonyl (C=O) groups is 1. The number of carboxylic acid groups (broad SMARTS) is 1. The number of aliphatic carboxylic acids is 1. The van der Waals surface area contributed by atoms with Crippen LogP contribution in [-0.4, -0.2) is 22.0 Å². The zero-order valence-electron chi connectivity index (χ0n) is 11.2. The van der Waals surface area contributed by atoms with Gasteiger partial charge in [-0.05, 0) is 12.0 Å². The number of nitro groups is 1. The second kappa shape index (κ2) is 6.52. The highest BCUT2D eigenvalue weighted by Gasteiger charge is 2.24. The van der Waals surface area contributed by atoms with Crippen molar-refractivity contribution in [3.63, 3.8) is 0 Å². The average Bonchev–Trinajstić information content (AvgIpc) is 2.43.